The maximum Gasteiger partial charge on any atom is 0.131 e. The van der Waals surface area contributed by atoms with Crippen LogP contribution in [0.2, 0.25) is 0 Å². The van der Waals surface area contributed by atoms with Crippen molar-refractivity contribution in [1.29, 1.82) is 0 Å². The van der Waals surface area contributed by atoms with Gasteiger partial charge < -0.3 is 14.0 Å². The molecule has 0 aliphatic rings. The average Bonchev–Trinajstić information content (AvgIpc) is 2.59. The van der Waals surface area contributed by atoms with Gasteiger partial charge in [0.15, 0.2) is 0 Å². The second kappa shape index (κ2) is 3.25. The SMILES string of the molecule is COc1cc(OC)c2ccn(C)c2c1. The number of aryl methyl sites for hydroxylation is 1. The number of methoxy groups -OCH3 is 2. The van der Waals surface area contributed by atoms with E-state index >= 15 is 0 Å². The highest BCUT2D eigenvalue weighted by molar-refractivity contribution is 5.88. The van der Waals surface area contributed by atoms with Gasteiger partial charge in [0.1, 0.15) is 11.5 Å². The van der Waals surface area contributed by atoms with E-state index in [1.165, 1.54) is 0 Å². The van der Waals surface area contributed by atoms with Crippen LogP contribution in [0.4, 0.5) is 0 Å². The summed E-state index contributed by atoms with van der Waals surface area (Å²) in [5, 5.41) is 1.11. The van der Waals surface area contributed by atoms with Gasteiger partial charge in [0, 0.05) is 30.8 Å². The fourth-order valence-corrected chi connectivity index (χ4v) is 1.60. The Hall–Kier alpha value is -1.64. The normalized spacial score (nSPS) is 10.5. The van der Waals surface area contributed by atoms with Crippen LogP contribution in [-0.4, -0.2) is 18.8 Å². The summed E-state index contributed by atoms with van der Waals surface area (Å²) in [7, 11) is 5.33. The molecule has 1 aromatic carbocycles. The van der Waals surface area contributed by atoms with E-state index in [1.54, 1.807) is 14.2 Å². The lowest BCUT2D eigenvalue weighted by molar-refractivity contribution is 0.398. The molecule has 0 radical (unpaired) electrons. The van der Waals surface area contributed by atoms with Crippen molar-refractivity contribution in [2.24, 2.45) is 7.05 Å². The van der Waals surface area contributed by atoms with Crippen LogP contribution >= 0.6 is 0 Å². The summed E-state index contributed by atoms with van der Waals surface area (Å²) in [5.41, 5.74) is 1.11. The van der Waals surface area contributed by atoms with Crippen LogP contribution in [-0.2, 0) is 7.05 Å². The van der Waals surface area contributed by atoms with Gasteiger partial charge in [0.05, 0.1) is 19.7 Å². The molecule has 0 spiro atoms. The third-order valence-corrected chi connectivity index (χ3v) is 2.39. The topological polar surface area (TPSA) is 23.4 Å². The third-order valence-electron chi connectivity index (χ3n) is 2.39. The van der Waals surface area contributed by atoms with E-state index < -0.39 is 0 Å². The van der Waals surface area contributed by atoms with Crippen molar-refractivity contribution in [2.45, 2.75) is 0 Å². The third kappa shape index (κ3) is 1.21. The number of benzene rings is 1. The summed E-state index contributed by atoms with van der Waals surface area (Å²) in [6, 6.07) is 5.92. The predicted molar refractivity (Wildman–Crippen MR) is 56.0 cm³/mol. The van der Waals surface area contributed by atoms with Crippen LogP contribution in [0.1, 0.15) is 0 Å². The van der Waals surface area contributed by atoms with Crippen molar-refractivity contribution in [3.8, 4) is 11.5 Å². The monoisotopic (exact) mass is 191 g/mol. The Balaban J connectivity index is 2.76. The van der Waals surface area contributed by atoms with Crippen LogP contribution < -0.4 is 9.47 Å². The van der Waals surface area contributed by atoms with E-state index in [0.717, 1.165) is 22.4 Å². The zero-order valence-electron chi connectivity index (χ0n) is 8.57. The summed E-state index contributed by atoms with van der Waals surface area (Å²) in [4.78, 5) is 0. The van der Waals surface area contributed by atoms with Gasteiger partial charge in [-0.05, 0) is 6.07 Å². The Labute approximate surface area is 82.9 Å². The molecule has 0 aliphatic carbocycles. The first-order valence-electron chi connectivity index (χ1n) is 4.43. The molecule has 0 atom stereocenters. The molecule has 14 heavy (non-hydrogen) atoms. The lowest BCUT2D eigenvalue weighted by Gasteiger charge is -2.06. The van der Waals surface area contributed by atoms with E-state index in [4.69, 9.17) is 9.47 Å². The number of ether oxygens (including phenoxy) is 2. The van der Waals surface area contributed by atoms with Crippen molar-refractivity contribution in [1.82, 2.24) is 4.57 Å². The van der Waals surface area contributed by atoms with Crippen molar-refractivity contribution >= 4 is 10.9 Å². The fraction of sp³-hybridized carbons (Fsp3) is 0.273. The molecule has 1 aromatic heterocycles. The molecule has 3 nitrogen and oxygen atoms in total. The van der Waals surface area contributed by atoms with Gasteiger partial charge >= 0.3 is 0 Å². The van der Waals surface area contributed by atoms with Crippen molar-refractivity contribution in [3.05, 3.63) is 24.4 Å². The minimum Gasteiger partial charge on any atom is -0.497 e. The average molecular weight is 191 g/mol. The van der Waals surface area contributed by atoms with Gasteiger partial charge in [0.2, 0.25) is 0 Å². The summed E-state index contributed by atoms with van der Waals surface area (Å²) >= 11 is 0. The van der Waals surface area contributed by atoms with E-state index in [2.05, 4.69) is 0 Å². The summed E-state index contributed by atoms with van der Waals surface area (Å²) in [5.74, 6) is 1.66. The van der Waals surface area contributed by atoms with Crippen LogP contribution in [0.15, 0.2) is 24.4 Å². The molecule has 0 aliphatic heterocycles. The number of fused-ring (bicyclic) bond motifs is 1. The highest BCUT2D eigenvalue weighted by Crippen LogP contribution is 2.31. The van der Waals surface area contributed by atoms with E-state index in [9.17, 15) is 0 Å². The van der Waals surface area contributed by atoms with Gasteiger partial charge in [-0.3, -0.25) is 0 Å². The maximum atomic E-state index is 5.29. The van der Waals surface area contributed by atoms with Gasteiger partial charge in [0.25, 0.3) is 0 Å². The standard InChI is InChI=1S/C11H13NO2/c1-12-5-4-9-10(12)6-8(13-2)7-11(9)14-3/h4-7H,1-3H3. The Morgan fingerprint density at radius 2 is 1.93 bits per heavy atom. The van der Waals surface area contributed by atoms with Gasteiger partial charge in [-0.2, -0.15) is 0 Å². The molecule has 0 fully saturated rings. The maximum absolute atomic E-state index is 5.29. The molecule has 0 saturated carbocycles. The number of aromatic nitrogens is 1. The summed E-state index contributed by atoms with van der Waals surface area (Å²) in [6.45, 7) is 0. The zero-order valence-corrected chi connectivity index (χ0v) is 8.57. The largest absolute Gasteiger partial charge is 0.497 e. The van der Waals surface area contributed by atoms with Crippen molar-refractivity contribution < 1.29 is 9.47 Å². The van der Waals surface area contributed by atoms with E-state index in [-0.39, 0.29) is 0 Å². The second-order valence-electron chi connectivity index (χ2n) is 3.19. The second-order valence-corrected chi connectivity index (χ2v) is 3.19. The lowest BCUT2D eigenvalue weighted by atomic mass is 10.2. The van der Waals surface area contributed by atoms with Gasteiger partial charge in [-0.25, -0.2) is 0 Å². The number of hydrogen-bond acceptors (Lipinski definition) is 2. The first-order chi connectivity index (χ1) is 6.76. The van der Waals surface area contributed by atoms with E-state index in [0.29, 0.717) is 0 Å². The van der Waals surface area contributed by atoms with Crippen LogP contribution in [0.5, 0.6) is 11.5 Å². The first-order valence-corrected chi connectivity index (χ1v) is 4.43. The molecule has 0 saturated heterocycles. The molecular formula is C11H13NO2. The number of nitrogens with zero attached hydrogens (tertiary/aromatic N) is 1. The predicted octanol–water partition coefficient (Wildman–Crippen LogP) is 2.20. The molecule has 0 unspecified atom stereocenters. The first kappa shape index (κ1) is 8.94. The van der Waals surface area contributed by atoms with E-state index in [1.807, 2.05) is 36.0 Å². The number of hydrogen-bond donors (Lipinski definition) is 0. The highest BCUT2D eigenvalue weighted by atomic mass is 16.5. The summed E-state index contributed by atoms with van der Waals surface area (Å²) in [6.07, 6.45) is 2.01. The highest BCUT2D eigenvalue weighted by Gasteiger charge is 2.06. The Morgan fingerprint density at radius 1 is 1.14 bits per heavy atom. The van der Waals surface area contributed by atoms with Gasteiger partial charge in [-0.1, -0.05) is 0 Å². The zero-order chi connectivity index (χ0) is 10.1. The molecule has 0 N–H and O–H groups in total. The molecule has 2 aromatic rings. The minimum absolute atomic E-state index is 0.816. The van der Waals surface area contributed by atoms with Crippen molar-refractivity contribution in [3.63, 3.8) is 0 Å². The fourth-order valence-electron chi connectivity index (χ4n) is 1.60. The van der Waals surface area contributed by atoms with Crippen molar-refractivity contribution in [2.75, 3.05) is 14.2 Å². The Kier molecular flexibility index (Phi) is 2.08. The smallest absolute Gasteiger partial charge is 0.131 e. The molecule has 2 rings (SSSR count). The molecule has 74 valence electrons. The van der Waals surface area contributed by atoms with Crippen LogP contribution in [0.3, 0.4) is 0 Å². The molecular weight excluding hydrogens is 178 g/mol. The minimum atomic E-state index is 0.816. The lowest BCUT2D eigenvalue weighted by Crippen LogP contribution is -1.90. The van der Waals surface area contributed by atoms with Crippen LogP contribution in [0.25, 0.3) is 10.9 Å². The molecule has 3 heteroatoms. The molecule has 1 heterocycles. The van der Waals surface area contributed by atoms with Crippen LogP contribution in [0, 0.1) is 0 Å². The quantitative estimate of drug-likeness (QED) is 0.726. The number of rotatable bonds is 2. The Morgan fingerprint density at radius 3 is 2.57 bits per heavy atom. The van der Waals surface area contributed by atoms with Gasteiger partial charge in [-0.15, -0.1) is 0 Å². The summed E-state index contributed by atoms with van der Waals surface area (Å²) < 4.78 is 12.5. The molecule has 0 amide bonds. The Bertz CT molecular complexity index is 460. The molecule has 0 bridgehead atoms.